The van der Waals surface area contributed by atoms with Gasteiger partial charge in [-0.15, -0.1) is 0 Å². The molecule has 3 atom stereocenters. The molecular formula is C40H43Cl2N3O9. The zero-order valence-electron chi connectivity index (χ0n) is 30.0. The van der Waals surface area contributed by atoms with E-state index in [0.29, 0.717) is 38.6 Å². The topological polar surface area (TPSA) is 157 Å². The molecule has 4 aromatic rings. The lowest BCUT2D eigenvalue weighted by molar-refractivity contribution is -0.377. The summed E-state index contributed by atoms with van der Waals surface area (Å²) in [7, 11) is 3.02. The van der Waals surface area contributed by atoms with Crippen LogP contribution in [0.3, 0.4) is 0 Å². The summed E-state index contributed by atoms with van der Waals surface area (Å²) in [5, 5.41) is 4.05. The van der Waals surface area contributed by atoms with Crippen LogP contribution in [0.15, 0.2) is 85.2 Å². The normalized spacial score (nSPS) is 18.4. The van der Waals surface area contributed by atoms with Crippen molar-refractivity contribution in [3.8, 4) is 11.5 Å². The van der Waals surface area contributed by atoms with Gasteiger partial charge in [0.15, 0.2) is 30.5 Å². The van der Waals surface area contributed by atoms with Gasteiger partial charge < -0.3 is 29.2 Å². The molecule has 0 amide bonds. The van der Waals surface area contributed by atoms with Gasteiger partial charge >= 0.3 is 17.9 Å². The molecule has 3 N–H and O–H groups in total. The Hall–Kier alpha value is -4.72. The van der Waals surface area contributed by atoms with Gasteiger partial charge in [-0.25, -0.2) is 19.4 Å². The maximum absolute atomic E-state index is 13.5. The standard InChI is InChI=1S/C40H41Cl2N3O8.H2O/c1-49-33-12-11-28(18-35(33)50-2)34(19-30-31(41)21-43-22-32(30)42)52-37(46)24-51-39(47)29-10-6-7-25(17-29)20-44-38(27-8-4-3-5-9-27)40(48)53-36-23-45-15-13-26(36)14-16-45;/h3-12,17-18,21-22,26,34,36,38,44H,13-16,19-20,23-24H2,1-2H3;1H2/t34?,36-,38?;/m0./s1. The second-order valence-corrected chi connectivity index (χ2v) is 13.9. The smallest absolute Gasteiger partial charge is 0.344 e. The lowest BCUT2D eigenvalue weighted by atomic mass is 9.86. The highest BCUT2D eigenvalue weighted by atomic mass is 35.5. The number of ether oxygens (including phenoxy) is 5. The van der Waals surface area contributed by atoms with Crippen molar-refractivity contribution in [2.45, 2.75) is 44.1 Å². The third-order valence-electron chi connectivity index (χ3n) is 9.67. The molecule has 3 fully saturated rings. The average molecular weight is 781 g/mol. The predicted molar refractivity (Wildman–Crippen MR) is 199 cm³/mol. The number of H-pyrrole nitrogens is 1. The summed E-state index contributed by atoms with van der Waals surface area (Å²) in [5.74, 6) is -0.498. The Labute approximate surface area is 323 Å². The molecular weight excluding hydrogens is 737 g/mol. The number of nitrogens with one attached hydrogen (secondary N) is 2. The van der Waals surface area contributed by atoms with E-state index < -0.39 is 30.7 Å². The van der Waals surface area contributed by atoms with Gasteiger partial charge in [0.1, 0.15) is 28.3 Å². The van der Waals surface area contributed by atoms with Gasteiger partial charge in [-0.05, 0) is 72.8 Å². The molecule has 2 bridgehead atoms. The molecule has 12 nitrogen and oxygen atoms in total. The SMILES string of the molecule is COc1ccc(C(Cc2c(Cl)c[nH+]cc2Cl)OC(=O)COC(=O)c2cccc(CNC(C(=O)O[C@H]3CN4CCC3CC4)c3ccccc3)c2)cc1OC.[OH-]. The van der Waals surface area contributed by atoms with Crippen molar-refractivity contribution in [1.29, 1.82) is 0 Å². The highest BCUT2D eigenvalue weighted by molar-refractivity contribution is 6.35. The molecule has 286 valence electrons. The minimum Gasteiger partial charge on any atom is -0.870 e. The first-order chi connectivity index (χ1) is 25.7. The predicted octanol–water partition coefficient (Wildman–Crippen LogP) is 5.80. The van der Waals surface area contributed by atoms with E-state index in [4.69, 9.17) is 46.9 Å². The average Bonchev–Trinajstić information content (AvgIpc) is 3.18. The monoisotopic (exact) mass is 779 g/mol. The third kappa shape index (κ3) is 10.1. The summed E-state index contributed by atoms with van der Waals surface area (Å²) < 4.78 is 28.1. The number of fused-ring (bicyclic) bond motifs is 3. The van der Waals surface area contributed by atoms with E-state index in [2.05, 4.69) is 15.2 Å². The molecule has 7 rings (SSSR count). The van der Waals surface area contributed by atoms with Crippen molar-refractivity contribution in [2.75, 3.05) is 40.5 Å². The molecule has 14 heteroatoms. The number of benzene rings is 3. The number of pyridine rings is 1. The Bertz CT molecular complexity index is 1890. The van der Waals surface area contributed by atoms with E-state index in [1.54, 1.807) is 48.8 Å². The van der Waals surface area contributed by atoms with Crippen LogP contribution in [0.5, 0.6) is 11.5 Å². The molecule has 4 heterocycles. The summed E-state index contributed by atoms with van der Waals surface area (Å²) in [4.78, 5) is 45.0. The highest BCUT2D eigenvalue weighted by Gasteiger charge is 2.38. The minimum atomic E-state index is -0.858. The Kier molecular flexibility index (Phi) is 14.3. The summed E-state index contributed by atoms with van der Waals surface area (Å²) in [6.07, 6.45) is 4.39. The van der Waals surface area contributed by atoms with Crippen LogP contribution in [-0.4, -0.2) is 74.8 Å². The van der Waals surface area contributed by atoms with E-state index in [0.717, 1.165) is 43.6 Å². The highest BCUT2D eigenvalue weighted by Crippen LogP contribution is 2.35. The number of carbonyl (C=O) groups is 3. The molecule has 0 spiro atoms. The summed E-state index contributed by atoms with van der Waals surface area (Å²) in [6, 6.07) is 20.7. The number of piperidine rings is 3. The maximum atomic E-state index is 13.5. The van der Waals surface area contributed by atoms with E-state index in [1.807, 2.05) is 36.4 Å². The lowest BCUT2D eigenvalue weighted by Crippen LogP contribution is -2.52. The number of esters is 3. The number of nitrogens with zero attached hydrogens (tertiary/aromatic N) is 1. The molecule has 1 aromatic heterocycles. The zero-order chi connectivity index (χ0) is 37.3. The first-order valence-electron chi connectivity index (χ1n) is 17.4. The Balaban J connectivity index is 0.00000561. The number of aromatic nitrogens is 1. The largest absolute Gasteiger partial charge is 0.870 e. The fourth-order valence-electron chi connectivity index (χ4n) is 6.81. The molecule has 3 aromatic carbocycles. The summed E-state index contributed by atoms with van der Waals surface area (Å²) >= 11 is 12.9. The van der Waals surface area contributed by atoms with Crippen LogP contribution in [-0.2, 0) is 36.8 Å². The first kappa shape index (κ1) is 40.5. The third-order valence-corrected chi connectivity index (χ3v) is 10.3. The van der Waals surface area contributed by atoms with Crippen molar-refractivity contribution in [3.63, 3.8) is 0 Å². The fraction of sp³-hybridized carbons (Fsp3) is 0.350. The van der Waals surface area contributed by atoms with Gasteiger partial charge in [-0.1, -0.05) is 71.7 Å². The van der Waals surface area contributed by atoms with Gasteiger partial charge in [-0.2, -0.15) is 0 Å². The number of hydrogen-bond donors (Lipinski definition) is 1. The molecule has 0 radical (unpaired) electrons. The second kappa shape index (κ2) is 19.0. The van der Waals surface area contributed by atoms with E-state index in [9.17, 15) is 14.4 Å². The number of aromatic amines is 1. The molecule has 2 unspecified atom stereocenters. The number of halogens is 2. The minimum absolute atomic E-state index is 0. The van der Waals surface area contributed by atoms with E-state index >= 15 is 0 Å². The molecule has 0 saturated carbocycles. The fourth-order valence-corrected chi connectivity index (χ4v) is 7.34. The number of carbonyl (C=O) groups excluding carboxylic acids is 3. The first-order valence-corrected chi connectivity index (χ1v) is 18.2. The van der Waals surface area contributed by atoms with Gasteiger partial charge in [-0.3, -0.25) is 10.2 Å². The van der Waals surface area contributed by atoms with Crippen LogP contribution in [0.2, 0.25) is 10.0 Å². The van der Waals surface area contributed by atoms with Crippen molar-refractivity contribution in [1.82, 2.24) is 10.2 Å². The molecule has 3 aliphatic heterocycles. The maximum Gasteiger partial charge on any atom is 0.344 e. The van der Waals surface area contributed by atoms with Crippen molar-refractivity contribution in [3.05, 3.63) is 123 Å². The van der Waals surface area contributed by atoms with Crippen LogP contribution in [0.4, 0.5) is 0 Å². The van der Waals surface area contributed by atoms with E-state index in [-0.39, 0.29) is 36.1 Å². The van der Waals surface area contributed by atoms with Crippen molar-refractivity contribution in [2.24, 2.45) is 5.92 Å². The molecule has 3 saturated heterocycles. The van der Waals surface area contributed by atoms with Gasteiger partial charge in [0, 0.05) is 25.1 Å². The Morgan fingerprint density at radius 1 is 0.889 bits per heavy atom. The van der Waals surface area contributed by atoms with Crippen LogP contribution in [0.1, 0.15) is 57.6 Å². The van der Waals surface area contributed by atoms with Crippen LogP contribution < -0.4 is 19.8 Å². The van der Waals surface area contributed by atoms with Crippen LogP contribution >= 0.6 is 23.2 Å². The zero-order valence-corrected chi connectivity index (χ0v) is 31.5. The quantitative estimate of drug-likeness (QED) is 0.115. The Morgan fingerprint density at radius 3 is 2.28 bits per heavy atom. The summed E-state index contributed by atoms with van der Waals surface area (Å²) in [5.41, 5.74) is 2.90. The van der Waals surface area contributed by atoms with E-state index in [1.165, 1.54) is 14.2 Å². The molecule has 3 aliphatic rings. The van der Waals surface area contributed by atoms with Crippen molar-refractivity contribution < 1.29 is 48.5 Å². The second-order valence-electron chi connectivity index (χ2n) is 13.0. The number of rotatable bonds is 15. The Morgan fingerprint density at radius 2 is 1.61 bits per heavy atom. The van der Waals surface area contributed by atoms with Gasteiger partial charge in [0.2, 0.25) is 0 Å². The van der Waals surface area contributed by atoms with Gasteiger partial charge in [0.25, 0.3) is 0 Å². The molecule has 54 heavy (non-hydrogen) atoms. The number of hydrogen-bond acceptors (Lipinski definition) is 11. The van der Waals surface area contributed by atoms with Crippen molar-refractivity contribution >= 4 is 41.1 Å². The molecule has 0 aliphatic carbocycles. The number of methoxy groups -OCH3 is 2. The van der Waals surface area contributed by atoms with Crippen LogP contribution in [0, 0.1) is 5.92 Å². The van der Waals surface area contributed by atoms with Gasteiger partial charge in [0.05, 0.1) is 19.8 Å². The van der Waals surface area contributed by atoms with Crippen LogP contribution in [0.25, 0.3) is 0 Å². The summed E-state index contributed by atoms with van der Waals surface area (Å²) in [6.45, 7) is 2.50. The lowest BCUT2D eigenvalue weighted by Gasteiger charge is -2.44.